The van der Waals surface area contributed by atoms with Gasteiger partial charge in [-0.05, 0) is 24.9 Å². The smallest absolute Gasteiger partial charge is 0.243 e. The summed E-state index contributed by atoms with van der Waals surface area (Å²) in [6.45, 7) is 4.88. The summed E-state index contributed by atoms with van der Waals surface area (Å²) in [5.74, 6) is -0.760. The van der Waals surface area contributed by atoms with Gasteiger partial charge in [0.1, 0.15) is 10.7 Å². The van der Waals surface area contributed by atoms with Crippen LogP contribution in [-0.4, -0.2) is 33.0 Å². The van der Waals surface area contributed by atoms with Gasteiger partial charge in [0, 0.05) is 28.9 Å². The Balaban J connectivity index is 3.08. The Morgan fingerprint density at radius 1 is 1.43 bits per heavy atom. The summed E-state index contributed by atoms with van der Waals surface area (Å²) in [4.78, 5) is -0.406. The zero-order chi connectivity index (χ0) is 16.0. The number of hydrogen-bond acceptors (Lipinski definition) is 4. The standard InChI is InChI=1S/C13H20ClFN2O2S2/c1-4-16-8-10-5-11(14)6-12(13(10)15)21(18,19)17-7-9(2)20-3/h5-6,9,16-17H,4,7-8H2,1-3H3. The molecule has 0 amide bonds. The molecule has 0 aliphatic rings. The lowest BCUT2D eigenvalue weighted by molar-refractivity contribution is 0.543. The average Bonchev–Trinajstić information content (AvgIpc) is 2.45. The topological polar surface area (TPSA) is 58.2 Å². The lowest BCUT2D eigenvalue weighted by Crippen LogP contribution is -2.30. The first kappa shape index (κ1) is 18.7. The molecule has 1 rings (SSSR count). The van der Waals surface area contributed by atoms with Gasteiger partial charge in [0.15, 0.2) is 0 Å². The molecule has 0 aliphatic carbocycles. The molecule has 1 unspecified atom stereocenters. The van der Waals surface area contributed by atoms with Gasteiger partial charge in [-0.1, -0.05) is 25.4 Å². The maximum atomic E-state index is 14.4. The van der Waals surface area contributed by atoms with E-state index < -0.39 is 20.7 Å². The highest BCUT2D eigenvalue weighted by Crippen LogP contribution is 2.24. The van der Waals surface area contributed by atoms with E-state index in [1.165, 1.54) is 17.8 Å². The molecule has 0 fully saturated rings. The molecule has 0 saturated heterocycles. The Labute approximate surface area is 134 Å². The third kappa shape index (κ3) is 5.41. The van der Waals surface area contributed by atoms with E-state index in [4.69, 9.17) is 11.6 Å². The maximum absolute atomic E-state index is 14.4. The van der Waals surface area contributed by atoms with Crippen LogP contribution >= 0.6 is 23.4 Å². The van der Waals surface area contributed by atoms with E-state index in [9.17, 15) is 12.8 Å². The third-order valence-electron chi connectivity index (χ3n) is 2.90. The van der Waals surface area contributed by atoms with Crippen molar-refractivity contribution in [3.8, 4) is 0 Å². The van der Waals surface area contributed by atoms with Gasteiger partial charge in [0.25, 0.3) is 0 Å². The molecular weight excluding hydrogens is 335 g/mol. The van der Waals surface area contributed by atoms with Crippen LogP contribution in [0.5, 0.6) is 0 Å². The van der Waals surface area contributed by atoms with Crippen molar-refractivity contribution in [2.45, 2.75) is 30.5 Å². The Hall–Kier alpha value is -0.340. The number of halogens is 2. The summed E-state index contributed by atoms with van der Waals surface area (Å²) in [5.41, 5.74) is 0.239. The maximum Gasteiger partial charge on any atom is 0.243 e. The van der Waals surface area contributed by atoms with Gasteiger partial charge in [-0.3, -0.25) is 0 Å². The Morgan fingerprint density at radius 2 is 2.10 bits per heavy atom. The fourth-order valence-electron chi connectivity index (χ4n) is 1.59. The highest BCUT2D eigenvalue weighted by Gasteiger charge is 2.22. The monoisotopic (exact) mass is 354 g/mol. The normalized spacial score (nSPS) is 13.4. The molecular formula is C13H20ClFN2O2S2. The van der Waals surface area contributed by atoms with Crippen molar-refractivity contribution in [1.82, 2.24) is 10.0 Å². The predicted octanol–water partition coefficient (Wildman–Crippen LogP) is 2.62. The molecule has 21 heavy (non-hydrogen) atoms. The molecule has 0 radical (unpaired) electrons. The highest BCUT2D eigenvalue weighted by atomic mass is 35.5. The fraction of sp³-hybridized carbons (Fsp3) is 0.538. The molecule has 0 saturated carbocycles. The molecule has 0 aromatic heterocycles. The Bertz CT molecular complexity index is 582. The first-order valence-electron chi connectivity index (χ1n) is 6.53. The number of benzene rings is 1. The summed E-state index contributed by atoms with van der Waals surface area (Å²) in [5, 5.41) is 3.25. The molecule has 2 N–H and O–H groups in total. The SMILES string of the molecule is CCNCc1cc(Cl)cc(S(=O)(=O)NCC(C)SC)c1F. The van der Waals surface area contributed by atoms with Gasteiger partial charge in [-0.15, -0.1) is 0 Å². The van der Waals surface area contributed by atoms with Crippen LogP contribution in [0.15, 0.2) is 17.0 Å². The van der Waals surface area contributed by atoms with E-state index in [1.54, 1.807) is 0 Å². The van der Waals surface area contributed by atoms with Gasteiger partial charge < -0.3 is 5.32 Å². The van der Waals surface area contributed by atoms with Crippen molar-refractivity contribution in [2.24, 2.45) is 0 Å². The number of thioether (sulfide) groups is 1. The third-order valence-corrected chi connectivity index (χ3v) is 5.51. The zero-order valence-electron chi connectivity index (χ0n) is 12.2. The van der Waals surface area contributed by atoms with E-state index in [2.05, 4.69) is 10.0 Å². The van der Waals surface area contributed by atoms with Gasteiger partial charge >= 0.3 is 0 Å². The number of sulfonamides is 1. The summed E-state index contributed by atoms with van der Waals surface area (Å²) in [6.07, 6.45) is 1.88. The molecule has 0 heterocycles. The second-order valence-corrected chi connectivity index (χ2v) is 8.00. The summed E-state index contributed by atoms with van der Waals surface area (Å²) in [7, 11) is -3.92. The average molecular weight is 355 g/mol. The van der Waals surface area contributed by atoms with Crippen LogP contribution in [0.3, 0.4) is 0 Å². The summed E-state index contributed by atoms with van der Waals surface area (Å²) in [6, 6.07) is 2.57. The van der Waals surface area contributed by atoms with Crippen LogP contribution < -0.4 is 10.0 Å². The van der Waals surface area contributed by atoms with E-state index in [1.807, 2.05) is 20.1 Å². The van der Waals surface area contributed by atoms with Crippen LogP contribution in [0.1, 0.15) is 19.4 Å². The van der Waals surface area contributed by atoms with E-state index in [0.29, 0.717) is 6.54 Å². The molecule has 1 aromatic carbocycles. The minimum absolute atomic E-state index is 0.100. The molecule has 8 heteroatoms. The molecule has 1 atom stereocenters. The summed E-state index contributed by atoms with van der Waals surface area (Å²) >= 11 is 7.43. The zero-order valence-corrected chi connectivity index (χ0v) is 14.6. The fourth-order valence-corrected chi connectivity index (χ4v) is 3.53. The van der Waals surface area contributed by atoms with Crippen LogP contribution in [0.25, 0.3) is 0 Å². The van der Waals surface area contributed by atoms with Crippen molar-refractivity contribution >= 4 is 33.4 Å². The lowest BCUT2D eigenvalue weighted by atomic mass is 10.2. The van der Waals surface area contributed by atoms with Gasteiger partial charge in [0.05, 0.1) is 0 Å². The molecule has 0 bridgehead atoms. The van der Waals surface area contributed by atoms with Crippen molar-refractivity contribution in [3.05, 3.63) is 28.5 Å². The van der Waals surface area contributed by atoms with E-state index in [0.717, 1.165) is 6.07 Å². The van der Waals surface area contributed by atoms with Crippen LogP contribution in [0.4, 0.5) is 4.39 Å². The summed E-state index contributed by atoms with van der Waals surface area (Å²) < 4.78 is 41.2. The van der Waals surface area contributed by atoms with Crippen LogP contribution in [0, 0.1) is 5.82 Å². The van der Waals surface area contributed by atoms with Crippen molar-refractivity contribution in [1.29, 1.82) is 0 Å². The van der Waals surface area contributed by atoms with Gasteiger partial charge in [0.2, 0.25) is 10.0 Å². The minimum atomic E-state index is -3.92. The molecule has 1 aromatic rings. The van der Waals surface area contributed by atoms with Crippen LogP contribution in [0.2, 0.25) is 5.02 Å². The number of hydrogen-bond donors (Lipinski definition) is 2. The molecule has 0 aliphatic heterocycles. The van der Waals surface area contributed by atoms with Crippen molar-refractivity contribution in [2.75, 3.05) is 19.3 Å². The van der Waals surface area contributed by atoms with Gasteiger partial charge in [-0.25, -0.2) is 17.5 Å². The largest absolute Gasteiger partial charge is 0.313 e. The quantitative estimate of drug-likeness (QED) is 0.753. The number of rotatable bonds is 8. The molecule has 0 spiro atoms. The Morgan fingerprint density at radius 3 is 2.67 bits per heavy atom. The van der Waals surface area contributed by atoms with E-state index >= 15 is 0 Å². The number of nitrogens with one attached hydrogen (secondary N) is 2. The Kier molecular flexibility index (Phi) is 7.42. The lowest BCUT2D eigenvalue weighted by Gasteiger charge is -2.13. The second kappa shape index (κ2) is 8.33. The molecule has 120 valence electrons. The molecule has 4 nitrogen and oxygen atoms in total. The van der Waals surface area contributed by atoms with Crippen molar-refractivity contribution in [3.63, 3.8) is 0 Å². The van der Waals surface area contributed by atoms with E-state index in [-0.39, 0.29) is 28.9 Å². The first-order chi connectivity index (χ1) is 9.81. The minimum Gasteiger partial charge on any atom is -0.313 e. The highest BCUT2D eigenvalue weighted by molar-refractivity contribution is 7.99. The van der Waals surface area contributed by atoms with Gasteiger partial charge in [-0.2, -0.15) is 11.8 Å². The van der Waals surface area contributed by atoms with Crippen LogP contribution in [-0.2, 0) is 16.6 Å². The first-order valence-corrected chi connectivity index (χ1v) is 9.67. The van der Waals surface area contributed by atoms with Crippen molar-refractivity contribution < 1.29 is 12.8 Å². The second-order valence-electron chi connectivity index (χ2n) is 4.56. The predicted molar refractivity (Wildman–Crippen MR) is 87.0 cm³/mol.